The van der Waals surface area contributed by atoms with Crippen molar-refractivity contribution in [2.45, 2.75) is 13.5 Å². The van der Waals surface area contributed by atoms with E-state index in [0.717, 1.165) is 10.1 Å². The number of methoxy groups -OCH3 is 1. The molecule has 1 N–H and O–H groups in total. The molecule has 1 heterocycles. The van der Waals surface area contributed by atoms with Crippen LogP contribution in [0.2, 0.25) is 0 Å². The molecule has 2 rings (SSSR count). The summed E-state index contributed by atoms with van der Waals surface area (Å²) in [5, 5.41) is 0.393. The van der Waals surface area contributed by atoms with Crippen molar-refractivity contribution in [1.82, 2.24) is 9.55 Å². The first kappa shape index (κ1) is 13.2. The Morgan fingerprint density at radius 1 is 1.37 bits per heavy atom. The van der Waals surface area contributed by atoms with Crippen molar-refractivity contribution in [3.63, 3.8) is 0 Å². The fourth-order valence-electron chi connectivity index (χ4n) is 1.89. The lowest BCUT2D eigenvalue weighted by atomic mass is 10.2. The van der Waals surface area contributed by atoms with E-state index >= 15 is 0 Å². The zero-order chi connectivity index (χ0) is 14.0. The van der Waals surface area contributed by atoms with E-state index in [4.69, 9.17) is 0 Å². The van der Waals surface area contributed by atoms with Gasteiger partial charge in [0.15, 0.2) is 5.78 Å². The second-order valence-electron chi connectivity index (χ2n) is 4.34. The summed E-state index contributed by atoms with van der Waals surface area (Å²) in [6.45, 7) is 1.44. The number of Topliss-reactive ketones (excluding diaryl/α,β-unsaturated/α-hetero) is 1. The molecule has 0 unspecified atom stereocenters. The first-order valence-electron chi connectivity index (χ1n) is 5.77. The maximum Gasteiger partial charge on any atom is 0.329 e. The van der Waals surface area contributed by atoms with Gasteiger partial charge < -0.3 is 9.72 Å². The third-order valence-electron chi connectivity index (χ3n) is 2.78. The van der Waals surface area contributed by atoms with E-state index in [1.54, 1.807) is 18.2 Å². The maximum absolute atomic E-state index is 12.2. The van der Waals surface area contributed by atoms with Crippen LogP contribution in [0.3, 0.4) is 0 Å². The van der Waals surface area contributed by atoms with Crippen LogP contribution in [0.15, 0.2) is 27.8 Å². The molecule has 0 atom stereocenters. The van der Waals surface area contributed by atoms with Gasteiger partial charge in [-0.1, -0.05) is 11.6 Å². The number of nitrogens with one attached hydrogen (secondary N) is 1. The summed E-state index contributed by atoms with van der Waals surface area (Å²) >= 11 is 0. The molecule has 0 aliphatic rings. The van der Waals surface area contributed by atoms with Crippen LogP contribution in [-0.2, 0) is 16.1 Å². The standard InChI is InChI=1S/C13H14N2O4/c1-8-3-4-11-10(5-8)12(17)15(13(18)14-11)6-9(16)7-19-2/h3-5H,6-7H2,1-2H3,(H,14,18). The Kier molecular flexibility index (Phi) is 3.62. The molecule has 2 aromatic rings. The van der Waals surface area contributed by atoms with Gasteiger partial charge in [0.1, 0.15) is 6.61 Å². The van der Waals surface area contributed by atoms with Crippen LogP contribution < -0.4 is 11.2 Å². The Hall–Kier alpha value is -2.21. The minimum absolute atomic E-state index is 0.127. The van der Waals surface area contributed by atoms with Crippen molar-refractivity contribution >= 4 is 16.7 Å². The number of carbonyl (C=O) groups excluding carboxylic acids is 1. The molecular formula is C13H14N2O4. The molecule has 0 fully saturated rings. The van der Waals surface area contributed by atoms with Crippen LogP contribution in [0.5, 0.6) is 0 Å². The number of aromatic nitrogens is 2. The molecule has 0 aliphatic carbocycles. The van der Waals surface area contributed by atoms with Crippen LogP contribution in [0.4, 0.5) is 0 Å². The highest BCUT2D eigenvalue weighted by atomic mass is 16.5. The molecule has 0 aliphatic heterocycles. The minimum atomic E-state index is -0.592. The van der Waals surface area contributed by atoms with E-state index in [1.165, 1.54) is 7.11 Å². The fourth-order valence-corrected chi connectivity index (χ4v) is 1.89. The topological polar surface area (TPSA) is 81.2 Å². The van der Waals surface area contributed by atoms with Gasteiger partial charge in [-0.2, -0.15) is 0 Å². The van der Waals surface area contributed by atoms with Crippen LogP contribution >= 0.6 is 0 Å². The number of hydrogen-bond acceptors (Lipinski definition) is 4. The number of hydrogen-bond donors (Lipinski definition) is 1. The summed E-state index contributed by atoms with van der Waals surface area (Å²) in [6.07, 6.45) is 0. The number of fused-ring (bicyclic) bond motifs is 1. The van der Waals surface area contributed by atoms with Crippen molar-refractivity contribution in [3.05, 3.63) is 44.6 Å². The Labute approximate surface area is 108 Å². The summed E-state index contributed by atoms with van der Waals surface area (Å²) < 4.78 is 5.58. The van der Waals surface area contributed by atoms with Crippen LogP contribution in [0.1, 0.15) is 5.56 Å². The quantitative estimate of drug-likeness (QED) is 0.854. The fraction of sp³-hybridized carbons (Fsp3) is 0.308. The van der Waals surface area contributed by atoms with Crippen molar-refractivity contribution in [1.29, 1.82) is 0 Å². The third kappa shape index (κ3) is 2.63. The molecule has 1 aromatic carbocycles. The highest BCUT2D eigenvalue weighted by Gasteiger charge is 2.11. The monoisotopic (exact) mass is 262 g/mol. The lowest BCUT2D eigenvalue weighted by Gasteiger charge is -2.06. The third-order valence-corrected chi connectivity index (χ3v) is 2.78. The van der Waals surface area contributed by atoms with Gasteiger partial charge in [-0.15, -0.1) is 0 Å². The summed E-state index contributed by atoms with van der Waals surface area (Å²) in [4.78, 5) is 38.1. The van der Waals surface area contributed by atoms with E-state index in [-0.39, 0.29) is 18.9 Å². The summed E-state index contributed by atoms with van der Waals surface area (Å²) in [6, 6.07) is 5.16. The number of aromatic amines is 1. The first-order valence-corrected chi connectivity index (χ1v) is 5.77. The molecule has 0 saturated carbocycles. The number of rotatable bonds is 4. The Morgan fingerprint density at radius 3 is 2.79 bits per heavy atom. The molecule has 0 radical (unpaired) electrons. The lowest BCUT2D eigenvalue weighted by Crippen LogP contribution is -2.38. The van der Waals surface area contributed by atoms with Crippen molar-refractivity contribution in [2.75, 3.05) is 13.7 Å². The molecule has 6 heteroatoms. The molecule has 6 nitrogen and oxygen atoms in total. The zero-order valence-corrected chi connectivity index (χ0v) is 10.7. The summed E-state index contributed by atoms with van der Waals surface area (Å²) in [5.74, 6) is -0.331. The van der Waals surface area contributed by atoms with E-state index in [0.29, 0.717) is 10.9 Å². The van der Waals surface area contributed by atoms with Gasteiger partial charge >= 0.3 is 5.69 Å². The number of ether oxygens (including phenoxy) is 1. The first-order chi connectivity index (χ1) is 9.02. The molecule has 0 saturated heterocycles. The molecular weight excluding hydrogens is 248 g/mol. The highest BCUT2D eigenvalue weighted by Crippen LogP contribution is 2.07. The lowest BCUT2D eigenvalue weighted by molar-refractivity contribution is -0.123. The van der Waals surface area contributed by atoms with Crippen LogP contribution in [-0.4, -0.2) is 29.1 Å². The normalized spacial score (nSPS) is 10.8. The highest BCUT2D eigenvalue weighted by molar-refractivity contribution is 5.81. The van der Waals surface area contributed by atoms with Gasteiger partial charge in [-0.25, -0.2) is 4.79 Å². The number of benzene rings is 1. The molecule has 19 heavy (non-hydrogen) atoms. The smallest absolute Gasteiger partial charge is 0.329 e. The van der Waals surface area contributed by atoms with Gasteiger partial charge in [0.2, 0.25) is 0 Å². The van der Waals surface area contributed by atoms with Crippen molar-refractivity contribution in [2.24, 2.45) is 0 Å². The van der Waals surface area contributed by atoms with Gasteiger partial charge in [-0.3, -0.25) is 14.2 Å². The number of nitrogens with zero attached hydrogens (tertiary/aromatic N) is 1. The zero-order valence-electron chi connectivity index (χ0n) is 10.7. The van der Waals surface area contributed by atoms with Crippen molar-refractivity contribution < 1.29 is 9.53 Å². The predicted molar refractivity (Wildman–Crippen MR) is 70.4 cm³/mol. The molecule has 1 aromatic heterocycles. The Balaban J connectivity index is 2.59. The summed E-state index contributed by atoms with van der Waals surface area (Å²) in [7, 11) is 1.38. The maximum atomic E-state index is 12.2. The van der Waals surface area contributed by atoms with Crippen molar-refractivity contribution in [3.8, 4) is 0 Å². The van der Waals surface area contributed by atoms with E-state index in [2.05, 4.69) is 9.72 Å². The van der Waals surface area contributed by atoms with Crippen LogP contribution in [0, 0.1) is 6.92 Å². The van der Waals surface area contributed by atoms with Gasteiger partial charge in [0.05, 0.1) is 17.4 Å². The number of H-pyrrole nitrogens is 1. The Bertz CT molecular complexity index is 742. The van der Waals surface area contributed by atoms with E-state index < -0.39 is 11.2 Å². The van der Waals surface area contributed by atoms with Gasteiger partial charge in [0, 0.05) is 7.11 Å². The predicted octanol–water partition coefficient (Wildman–Crippen LogP) is 0.214. The molecule has 100 valence electrons. The van der Waals surface area contributed by atoms with E-state index in [1.807, 2.05) is 6.92 Å². The second kappa shape index (κ2) is 5.19. The number of carbonyl (C=O) groups is 1. The van der Waals surface area contributed by atoms with Gasteiger partial charge in [0.25, 0.3) is 5.56 Å². The Morgan fingerprint density at radius 2 is 2.11 bits per heavy atom. The SMILES string of the molecule is COCC(=O)Cn1c(=O)[nH]c2ccc(C)cc2c1=O. The average molecular weight is 262 g/mol. The van der Waals surface area contributed by atoms with Gasteiger partial charge in [-0.05, 0) is 19.1 Å². The second-order valence-corrected chi connectivity index (χ2v) is 4.34. The molecule has 0 amide bonds. The minimum Gasteiger partial charge on any atom is -0.377 e. The largest absolute Gasteiger partial charge is 0.377 e. The average Bonchev–Trinajstić information content (AvgIpc) is 2.36. The molecule has 0 bridgehead atoms. The number of ketones is 1. The molecule has 0 spiro atoms. The summed E-state index contributed by atoms with van der Waals surface area (Å²) in [5.41, 5.74) is 0.320. The van der Waals surface area contributed by atoms with Crippen LogP contribution in [0.25, 0.3) is 10.9 Å². The van der Waals surface area contributed by atoms with E-state index in [9.17, 15) is 14.4 Å². The number of aryl methyl sites for hydroxylation is 1.